The van der Waals surface area contributed by atoms with Crippen LogP contribution in [0.15, 0.2) is 18.2 Å². The summed E-state index contributed by atoms with van der Waals surface area (Å²) in [6.45, 7) is 4.36. The summed E-state index contributed by atoms with van der Waals surface area (Å²) in [6, 6.07) is 4.31. The van der Waals surface area contributed by atoms with Gasteiger partial charge in [-0.1, -0.05) is 6.92 Å². The number of thioether (sulfide) groups is 1. The molecule has 0 aliphatic rings. The molecule has 0 aliphatic heterocycles. The van der Waals surface area contributed by atoms with Crippen LogP contribution in [-0.2, 0) is 0 Å². The normalized spacial score (nSPS) is 11.7. The first-order valence-electron chi connectivity index (χ1n) is 5.85. The third-order valence-corrected chi connectivity index (χ3v) is 3.65. The molecule has 0 radical (unpaired) electrons. The van der Waals surface area contributed by atoms with Crippen LogP contribution in [0, 0.1) is 6.92 Å². The summed E-state index contributed by atoms with van der Waals surface area (Å²) >= 11 is 1.67. The van der Waals surface area contributed by atoms with Gasteiger partial charge in [-0.25, -0.2) is 9.59 Å². The topological polar surface area (TPSA) is 78.4 Å². The predicted octanol–water partition coefficient (Wildman–Crippen LogP) is 2.57. The molecule has 6 heteroatoms. The minimum atomic E-state index is -0.979. The van der Waals surface area contributed by atoms with E-state index in [4.69, 9.17) is 5.11 Å². The fourth-order valence-corrected chi connectivity index (χ4v) is 1.67. The number of hydrogen-bond acceptors (Lipinski definition) is 3. The van der Waals surface area contributed by atoms with Crippen LogP contribution < -0.4 is 10.6 Å². The Morgan fingerprint density at radius 3 is 2.63 bits per heavy atom. The number of carbonyl (C=O) groups excluding carboxylic acids is 1. The molecule has 0 aliphatic carbocycles. The number of carboxylic acids is 1. The summed E-state index contributed by atoms with van der Waals surface area (Å²) in [5.41, 5.74) is 1.53. The Hall–Kier alpha value is -1.69. The maximum atomic E-state index is 11.7. The maximum absolute atomic E-state index is 11.7. The highest BCUT2D eigenvalue weighted by atomic mass is 32.2. The van der Waals surface area contributed by atoms with E-state index in [1.807, 2.05) is 13.2 Å². The van der Waals surface area contributed by atoms with Crippen molar-refractivity contribution in [3.63, 3.8) is 0 Å². The van der Waals surface area contributed by atoms with Gasteiger partial charge in [-0.15, -0.1) is 0 Å². The minimum Gasteiger partial charge on any atom is -0.478 e. The van der Waals surface area contributed by atoms with Gasteiger partial charge in [0.15, 0.2) is 0 Å². The van der Waals surface area contributed by atoms with Crippen molar-refractivity contribution in [2.75, 3.05) is 18.1 Å². The molecule has 1 aromatic rings. The monoisotopic (exact) mass is 282 g/mol. The van der Waals surface area contributed by atoms with Gasteiger partial charge in [-0.2, -0.15) is 11.8 Å². The summed E-state index contributed by atoms with van der Waals surface area (Å²) in [5, 5.41) is 14.7. The first kappa shape index (κ1) is 15.4. The summed E-state index contributed by atoms with van der Waals surface area (Å²) in [5.74, 6) is -0.979. The van der Waals surface area contributed by atoms with Crippen molar-refractivity contribution in [1.82, 2.24) is 5.32 Å². The second-order valence-corrected chi connectivity index (χ2v) is 5.49. The second-order valence-electron chi connectivity index (χ2n) is 4.22. The number of carbonyl (C=O) groups is 2. The summed E-state index contributed by atoms with van der Waals surface area (Å²) in [7, 11) is 0. The number of carboxylic acid groups (broad SMARTS) is 1. The van der Waals surface area contributed by atoms with Crippen molar-refractivity contribution >= 4 is 29.4 Å². The van der Waals surface area contributed by atoms with Crippen molar-refractivity contribution in [3.05, 3.63) is 29.3 Å². The summed E-state index contributed by atoms with van der Waals surface area (Å²) in [6.07, 6.45) is 1.99. The van der Waals surface area contributed by atoms with Crippen LogP contribution in [-0.4, -0.2) is 35.2 Å². The number of aromatic carboxylic acids is 1. The lowest BCUT2D eigenvalue weighted by Gasteiger charge is -2.12. The van der Waals surface area contributed by atoms with E-state index in [9.17, 15) is 9.59 Å². The molecule has 0 spiro atoms. The van der Waals surface area contributed by atoms with Gasteiger partial charge in [-0.05, 0) is 36.9 Å². The average molecular weight is 282 g/mol. The molecule has 0 fully saturated rings. The van der Waals surface area contributed by atoms with Crippen LogP contribution in [0.25, 0.3) is 0 Å². The molecule has 19 heavy (non-hydrogen) atoms. The molecule has 1 atom stereocenters. The van der Waals surface area contributed by atoms with Gasteiger partial charge in [0, 0.05) is 17.5 Å². The second kappa shape index (κ2) is 7.04. The molecule has 0 bridgehead atoms. The summed E-state index contributed by atoms with van der Waals surface area (Å²) in [4.78, 5) is 22.5. The SMILES string of the molecule is CSC(C)CNC(=O)Nc1ccc(C(=O)O)cc1C. The lowest BCUT2D eigenvalue weighted by molar-refractivity contribution is 0.0697. The molecular weight excluding hydrogens is 264 g/mol. The van der Waals surface area contributed by atoms with Crippen LogP contribution in [0.2, 0.25) is 0 Å². The molecule has 0 saturated carbocycles. The third-order valence-electron chi connectivity index (χ3n) is 2.67. The van der Waals surface area contributed by atoms with Gasteiger partial charge in [0.2, 0.25) is 0 Å². The number of nitrogens with one attached hydrogen (secondary N) is 2. The zero-order valence-electron chi connectivity index (χ0n) is 11.2. The van der Waals surface area contributed by atoms with E-state index >= 15 is 0 Å². The lowest BCUT2D eigenvalue weighted by Crippen LogP contribution is -2.33. The number of urea groups is 1. The highest BCUT2D eigenvalue weighted by Crippen LogP contribution is 2.16. The van der Waals surface area contributed by atoms with Crippen LogP contribution in [0.3, 0.4) is 0 Å². The molecule has 0 aromatic heterocycles. The zero-order chi connectivity index (χ0) is 14.4. The molecule has 104 valence electrons. The highest BCUT2D eigenvalue weighted by molar-refractivity contribution is 7.99. The van der Waals surface area contributed by atoms with Crippen LogP contribution in [0.5, 0.6) is 0 Å². The van der Waals surface area contributed by atoms with E-state index in [0.29, 0.717) is 23.0 Å². The first-order chi connectivity index (χ1) is 8.93. The fraction of sp³-hybridized carbons (Fsp3) is 0.385. The Morgan fingerprint density at radius 1 is 1.42 bits per heavy atom. The molecule has 2 amide bonds. The van der Waals surface area contributed by atoms with Crippen LogP contribution in [0.1, 0.15) is 22.8 Å². The Bertz CT molecular complexity index is 477. The molecule has 1 rings (SSSR count). The fourth-order valence-electron chi connectivity index (χ4n) is 1.42. The molecule has 1 aromatic carbocycles. The van der Waals surface area contributed by atoms with Gasteiger partial charge < -0.3 is 15.7 Å². The average Bonchev–Trinajstić information content (AvgIpc) is 2.38. The van der Waals surface area contributed by atoms with E-state index < -0.39 is 5.97 Å². The smallest absolute Gasteiger partial charge is 0.335 e. The predicted molar refractivity (Wildman–Crippen MR) is 78.1 cm³/mol. The first-order valence-corrected chi connectivity index (χ1v) is 7.14. The standard InChI is InChI=1S/C13H18N2O3S/c1-8-6-10(12(16)17)4-5-11(8)15-13(18)14-7-9(2)19-3/h4-6,9H,7H2,1-3H3,(H,16,17)(H2,14,15,18). The van der Waals surface area contributed by atoms with Gasteiger partial charge >= 0.3 is 12.0 Å². The van der Waals surface area contributed by atoms with Crippen molar-refractivity contribution in [2.24, 2.45) is 0 Å². The Kier molecular flexibility index (Phi) is 5.69. The zero-order valence-corrected chi connectivity index (χ0v) is 12.0. The Labute approximate surface area is 116 Å². The Balaban J connectivity index is 2.62. The van der Waals surface area contributed by atoms with Crippen molar-refractivity contribution in [3.8, 4) is 0 Å². The quantitative estimate of drug-likeness (QED) is 0.775. The number of rotatable bonds is 5. The van der Waals surface area contributed by atoms with Gasteiger partial charge in [0.25, 0.3) is 0 Å². The van der Waals surface area contributed by atoms with Crippen LogP contribution in [0.4, 0.5) is 10.5 Å². The van der Waals surface area contributed by atoms with Crippen molar-refractivity contribution < 1.29 is 14.7 Å². The van der Waals surface area contributed by atoms with E-state index in [2.05, 4.69) is 10.6 Å². The molecular formula is C13H18N2O3S. The minimum absolute atomic E-state index is 0.208. The molecule has 3 N–H and O–H groups in total. The summed E-state index contributed by atoms with van der Waals surface area (Å²) < 4.78 is 0. The number of benzene rings is 1. The number of amides is 2. The van der Waals surface area contributed by atoms with E-state index in [1.54, 1.807) is 24.8 Å². The Morgan fingerprint density at radius 2 is 2.11 bits per heavy atom. The van der Waals surface area contributed by atoms with Crippen molar-refractivity contribution in [1.29, 1.82) is 0 Å². The number of hydrogen-bond donors (Lipinski definition) is 3. The molecule has 0 saturated heterocycles. The number of aryl methyl sites for hydroxylation is 1. The third kappa shape index (κ3) is 4.82. The molecule has 1 unspecified atom stereocenters. The molecule has 0 heterocycles. The molecule has 5 nitrogen and oxygen atoms in total. The maximum Gasteiger partial charge on any atom is 0.335 e. The van der Waals surface area contributed by atoms with Gasteiger partial charge in [0.05, 0.1) is 5.56 Å². The van der Waals surface area contributed by atoms with Gasteiger partial charge in [-0.3, -0.25) is 0 Å². The largest absolute Gasteiger partial charge is 0.478 e. The van der Waals surface area contributed by atoms with Crippen molar-refractivity contribution in [2.45, 2.75) is 19.1 Å². The van der Waals surface area contributed by atoms with E-state index in [-0.39, 0.29) is 11.6 Å². The highest BCUT2D eigenvalue weighted by Gasteiger charge is 2.08. The lowest BCUT2D eigenvalue weighted by atomic mass is 10.1. The van der Waals surface area contributed by atoms with E-state index in [0.717, 1.165) is 0 Å². The number of anilines is 1. The van der Waals surface area contributed by atoms with Crippen LogP contribution >= 0.6 is 11.8 Å². The van der Waals surface area contributed by atoms with Gasteiger partial charge in [0.1, 0.15) is 0 Å². The van der Waals surface area contributed by atoms with E-state index in [1.165, 1.54) is 12.1 Å².